The molecule has 4 nitrogen and oxygen atoms in total. The number of rotatable bonds is 6. The van der Waals surface area contributed by atoms with Gasteiger partial charge in [0.15, 0.2) is 0 Å². The molecule has 1 fully saturated rings. The molecule has 0 spiro atoms. The zero-order chi connectivity index (χ0) is 13.8. The molecule has 1 amide bonds. The number of hydrogen-bond donors (Lipinski definition) is 1. The average molecular weight is 261 g/mol. The molecular formula is C15H23N3O. The van der Waals surface area contributed by atoms with Gasteiger partial charge in [-0.1, -0.05) is 20.3 Å². The highest BCUT2D eigenvalue weighted by Crippen LogP contribution is 2.28. The number of amides is 1. The maximum Gasteiger partial charge on any atom is 0.254 e. The van der Waals surface area contributed by atoms with Gasteiger partial charge in [0.2, 0.25) is 0 Å². The van der Waals surface area contributed by atoms with Crippen molar-refractivity contribution in [2.75, 3.05) is 12.3 Å². The molecule has 0 saturated heterocycles. The van der Waals surface area contributed by atoms with Crippen LogP contribution >= 0.6 is 0 Å². The molecule has 0 unspecified atom stereocenters. The Morgan fingerprint density at radius 2 is 2.11 bits per heavy atom. The van der Waals surface area contributed by atoms with Crippen LogP contribution in [-0.2, 0) is 6.42 Å². The number of nitrogen functional groups attached to an aromatic ring is 1. The van der Waals surface area contributed by atoms with Crippen molar-refractivity contribution in [3.8, 4) is 0 Å². The van der Waals surface area contributed by atoms with Gasteiger partial charge in [-0.3, -0.25) is 4.79 Å². The van der Waals surface area contributed by atoms with Crippen molar-refractivity contribution in [1.29, 1.82) is 0 Å². The van der Waals surface area contributed by atoms with Crippen LogP contribution < -0.4 is 5.73 Å². The molecule has 19 heavy (non-hydrogen) atoms. The average Bonchev–Trinajstić information content (AvgIpc) is 3.19. The Morgan fingerprint density at radius 1 is 1.37 bits per heavy atom. The van der Waals surface area contributed by atoms with Gasteiger partial charge < -0.3 is 10.6 Å². The molecule has 2 N–H and O–H groups in total. The number of hydrogen-bond acceptors (Lipinski definition) is 3. The molecule has 0 aliphatic heterocycles. The Hall–Kier alpha value is -1.58. The molecule has 0 atom stereocenters. The molecular weight excluding hydrogens is 238 g/mol. The summed E-state index contributed by atoms with van der Waals surface area (Å²) in [6, 6.07) is 4.04. The molecule has 1 heterocycles. The fourth-order valence-electron chi connectivity index (χ4n) is 2.36. The van der Waals surface area contributed by atoms with E-state index in [1.165, 1.54) is 0 Å². The fraction of sp³-hybridized carbons (Fsp3) is 0.600. The highest BCUT2D eigenvalue weighted by Gasteiger charge is 2.32. The minimum absolute atomic E-state index is 0.107. The molecule has 0 bridgehead atoms. The summed E-state index contributed by atoms with van der Waals surface area (Å²) in [5.74, 6) is 0.553. The lowest BCUT2D eigenvalue weighted by atomic mass is 10.1. The molecule has 1 aromatic rings. The van der Waals surface area contributed by atoms with Crippen LogP contribution in [0.15, 0.2) is 12.1 Å². The van der Waals surface area contributed by atoms with E-state index in [1.54, 1.807) is 6.07 Å². The first kappa shape index (κ1) is 13.8. The lowest BCUT2D eigenvalue weighted by Crippen LogP contribution is -2.34. The van der Waals surface area contributed by atoms with Gasteiger partial charge in [0, 0.05) is 23.8 Å². The molecule has 1 saturated carbocycles. The summed E-state index contributed by atoms with van der Waals surface area (Å²) in [4.78, 5) is 18.8. The maximum absolute atomic E-state index is 12.6. The van der Waals surface area contributed by atoms with Crippen LogP contribution in [-0.4, -0.2) is 28.4 Å². The van der Waals surface area contributed by atoms with Crippen molar-refractivity contribution in [2.45, 2.75) is 52.0 Å². The second kappa shape index (κ2) is 6.04. The minimum Gasteiger partial charge on any atom is -0.384 e. The van der Waals surface area contributed by atoms with E-state index < -0.39 is 0 Å². The summed E-state index contributed by atoms with van der Waals surface area (Å²) in [7, 11) is 0. The second-order valence-electron chi connectivity index (χ2n) is 5.25. The third-order valence-electron chi connectivity index (χ3n) is 3.36. The highest BCUT2D eigenvalue weighted by molar-refractivity contribution is 5.95. The van der Waals surface area contributed by atoms with Crippen LogP contribution in [0.4, 0.5) is 5.82 Å². The predicted octanol–water partition coefficient (Wildman–Crippen LogP) is 2.63. The molecule has 4 heteroatoms. The van der Waals surface area contributed by atoms with E-state index in [4.69, 9.17) is 5.73 Å². The van der Waals surface area contributed by atoms with Crippen LogP contribution in [0.2, 0.25) is 0 Å². The van der Waals surface area contributed by atoms with E-state index in [0.29, 0.717) is 17.4 Å². The van der Waals surface area contributed by atoms with E-state index in [0.717, 1.165) is 44.3 Å². The number of pyridine rings is 1. The number of aromatic nitrogens is 1. The fourth-order valence-corrected chi connectivity index (χ4v) is 2.36. The smallest absolute Gasteiger partial charge is 0.254 e. The summed E-state index contributed by atoms with van der Waals surface area (Å²) >= 11 is 0. The number of aryl methyl sites for hydroxylation is 1. The molecule has 104 valence electrons. The summed E-state index contributed by atoms with van der Waals surface area (Å²) in [6.45, 7) is 5.03. The molecule has 1 aromatic heterocycles. The van der Waals surface area contributed by atoms with Gasteiger partial charge in [0.25, 0.3) is 5.91 Å². The lowest BCUT2D eigenvalue weighted by molar-refractivity contribution is 0.0743. The SMILES string of the molecule is CCCc1cc(C(=O)N(CCC)C2CC2)cc(N)n1. The number of carbonyl (C=O) groups is 1. The van der Waals surface area contributed by atoms with Gasteiger partial charge in [0.1, 0.15) is 5.82 Å². The first-order chi connectivity index (χ1) is 9.15. The summed E-state index contributed by atoms with van der Waals surface area (Å²) < 4.78 is 0. The van der Waals surface area contributed by atoms with Crippen molar-refractivity contribution in [3.63, 3.8) is 0 Å². The van der Waals surface area contributed by atoms with Gasteiger partial charge in [-0.05, 0) is 37.8 Å². The van der Waals surface area contributed by atoms with Gasteiger partial charge >= 0.3 is 0 Å². The Labute approximate surface area is 115 Å². The highest BCUT2D eigenvalue weighted by atomic mass is 16.2. The normalized spacial score (nSPS) is 14.4. The first-order valence-corrected chi connectivity index (χ1v) is 7.23. The van der Waals surface area contributed by atoms with Crippen LogP contribution in [0.1, 0.15) is 55.6 Å². The number of carbonyl (C=O) groups excluding carboxylic acids is 1. The van der Waals surface area contributed by atoms with Crippen molar-refractivity contribution in [1.82, 2.24) is 9.88 Å². The first-order valence-electron chi connectivity index (χ1n) is 7.23. The molecule has 0 radical (unpaired) electrons. The van der Waals surface area contributed by atoms with E-state index in [2.05, 4.69) is 18.8 Å². The Kier molecular flexibility index (Phi) is 4.40. The van der Waals surface area contributed by atoms with Gasteiger partial charge in [-0.2, -0.15) is 0 Å². The Morgan fingerprint density at radius 3 is 2.68 bits per heavy atom. The quantitative estimate of drug-likeness (QED) is 0.856. The zero-order valence-corrected chi connectivity index (χ0v) is 11.9. The number of nitrogens with zero attached hydrogens (tertiary/aromatic N) is 2. The van der Waals surface area contributed by atoms with Crippen LogP contribution in [0, 0.1) is 0 Å². The Bertz CT molecular complexity index is 455. The van der Waals surface area contributed by atoms with E-state index in [1.807, 2.05) is 11.0 Å². The molecule has 2 rings (SSSR count). The van der Waals surface area contributed by atoms with Crippen LogP contribution in [0.5, 0.6) is 0 Å². The minimum atomic E-state index is 0.107. The lowest BCUT2D eigenvalue weighted by Gasteiger charge is -2.22. The van der Waals surface area contributed by atoms with Gasteiger partial charge in [-0.25, -0.2) is 4.98 Å². The van der Waals surface area contributed by atoms with Crippen LogP contribution in [0.3, 0.4) is 0 Å². The molecule has 0 aromatic carbocycles. The molecule has 1 aliphatic carbocycles. The predicted molar refractivity (Wildman–Crippen MR) is 77.0 cm³/mol. The monoisotopic (exact) mass is 261 g/mol. The largest absolute Gasteiger partial charge is 0.384 e. The van der Waals surface area contributed by atoms with Gasteiger partial charge in [0.05, 0.1) is 0 Å². The topological polar surface area (TPSA) is 59.2 Å². The van der Waals surface area contributed by atoms with Gasteiger partial charge in [-0.15, -0.1) is 0 Å². The third-order valence-corrected chi connectivity index (χ3v) is 3.36. The number of anilines is 1. The van der Waals surface area contributed by atoms with E-state index in [-0.39, 0.29) is 5.91 Å². The van der Waals surface area contributed by atoms with Crippen molar-refractivity contribution < 1.29 is 4.79 Å². The van der Waals surface area contributed by atoms with Crippen molar-refractivity contribution >= 4 is 11.7 Å². The van der Waals surface area contributed by atoms with Crippen molar-refractivity contribution in [3.05, 3.63) is 23.4 Å². The summed E-state index contributed by atoms with van der Waals surface area (Å²) in [6.07, 6.45) is 5.13. The zero-order valence-electron chi connectivity index (χ0n) is 11.9. The Balaban J connectivity index is 2.21. The summed E-state index contributed by atoms with van der Waals surface area (Å²) in [5.41, 5.74) is 7.42. The maximum atomic E-state index is 12.6. The van der Waals surface area contributed by atoms with E-state index in [9.17, 15) is 4.79 Å². The van der Waals surface area contributed by atoms with Crippen LogP contribution in [0.25, 0.3) is 0 Å². The standard InChI is InChI=1S/C15H23N3O/c1-3-5-12-9-11(10-14(16)17-12)15(19)18(8-4-2)13-6-7-13/h9-10,13H,3-8H2,1-2H3,(H2,16,17). The van der Waals surface area contributed by atoms with E-state index >= 15 is 0 Å². The van der Waals surface area contributed by atoms with Crippen molar-refractivity contribution in [2.24, 2.45) is 0 Å². The number of nitrogens with two attached hydrogens (primary N) is 1. The second-order valence-corrected chi connectivity index (χ2v) is 5.25. The third kappa shape index (κ3) is 3.46. The molecule has 1 aliphatic rings. The summed E-state index contributed by atoms with van der Waals surface area (Å²) in [5, 5.41) is 0.